The number of nitrogens with two attached hydrogens (primary N) is 1. The van der Waals surface area contributed by atoms with Crippen LogP contribution in [0.5, 0.6) is 0 Å². The van der Waals surface area contributed by atoms with Gasteiger partial charge in [-0.05, 0) is 49.2 Å². The quantitative estimate of drug-likeness (QED) is 0.701. The summed E-state index contributed by atoms with van der Waals surface area (Å²) in [5, 5.41) is 9.01. The minimum Gasteiger partial charge on any atom is -0.480 e. The molecule has 5 nitrogen and oxygen atoms in total. The Balaban J connectivity index is 0.000000234. The molecule has 3 rings (SSSR count). The Labute approximate surface area is 161 Å². The first-order chi connectivity index (χ1) is 13.4. The molecule has 1 fully saturated rings. The molecule has 158 valence electrons. The van der Waals surface area contributed by atoms with Crippen molar-refractivity contribution in [1.29, 1.82) is 0 Å². The van der Waals surface area contributed by atoms with Gasteiger partial charge in [0.2, 0.25) is 0 Å². The van der Waals surface area contributed by atoms with Crippen LogP contribution in [0.4, 0.5) is 37.8 Å². The number of carboxylic acids is 1. The third-order valence-electron chi connectivity index (χ3n) is 4.18. The van der Waals surface area contributed by atoms with E-state index in [4.69, 9.17) is 10.8 Å². The molecule has 0 spiro atoms. The number of hydrogen-bond acceptors (Lipinski definition) is 4. The number of nitrogens with zero attached hydrogens (tertiary/aromatic N) is 2. The fourth-order valence-corrected chi connectivity index (χ4v) is 2.75. The van der Waals surface area contributed by atoms with Crippen molar-refractivity contribution < 1.29 is 36.2 Å². The number of carboxylic acid groups (broad SMARTS) is 1. The van der Waals surface area contributed by atoms with Crippen LogP contribution >= 0.6 is 0 Å². The predicted molar refractivity (Wildman–Crippen MR) is 93.1 cm³/mol. The molecule has 1 saturated heterocycles. The molecule has 11 heteroatoms. The van der Waals surface area contributed by atoms with Gasteiger partial charge in [-0.15, -0.1) is 0 Å². The Hall–Kier alpha value is -2.98. The molecule has 0 saturated carbocycles. The Bertz CT molecular complexity index is 819. The van der Waals surface area contributed by atoms with Crippen molar-refractivity contribution in [3.05, 3.63) is 53.7 Å². The SMILES string of the molecule is Nc1ccc(C(F)(F)F)cn1.O=C(O)[C@H]1CCCN1c1ccc(C(F)(F)F)cc1. The Morgan fingerprint density at radius 1 is 1.00 bits per heavy atom. The topological polar surface area (TPSA) is 79.4 Å². The fraction of sp³-hybridized carbons (Fsp3) is 0.333. The average molecular weight is 421 g/mol. The van der Waals surface area contributed by atoms with Crippen molar-refractivity contribution in [2.24, 2.45) is 0 Å². The van der Waals surface area contributed by atoms with E-state index in [9.17, 15) is 31.1 Å². The molecular weight excluding hydrogens is 404 g/mol. The summed E-state index contributed by atoms with van der Waals surface area (Å²) in [6, 6.07) is 5.97. The number of pyridine rings is 1. The van der Waals surface area contributed by atoms with Crippen molar-refractivity contribution in [3.63, 3.8) is 0 Å². The standard InChI is InChI=1S/C12H12F3NO2.C6H5F3N2/c13-12(14,15)8-3-5-9(6-4-8)16-7-1-2-10(16)11(17)18;7-6(8,9)4-1-2-5(10)11-3-4/h3-6,10H,1-2,7H2,(H,17,18);1-3H,(H2,10,11)/t10-;/m1./s1. The second-order valence-electron chi connectivity index (χ2n) is 6.20. The van der Waals surface area contributed by atoms with Crippen molar-refractivity contribution >= 4 is 17.5 Å². The maximum atomic E-state index is 12.4. The van der Waals surface area contributed by atoms with Crippen molar-refractivity contribution in [1.82, 2.24) is 4.98 Å². The fourth-order valence-electron chi connectivity index (χ4n) is 2.75. The van der Waals surface area contributed by atoms with Gasteiger partial charge in [-0.3, -0.25) is 0 Å². The summed E-state index contributed by atoms with van der Waals surface area (Å²) in [7, 11) is 0. The van der Waals surface area contributed by atoms with Crippen molar-refractivity contribution in [2.45, 2.75) is 31.2 Å². The van der Waals surface area contributed by atoms with Crippen LogP contribution in [-0.2, 0) is 17.1 Å². The van der Waals surface area contributed by atoms with Crippen molar-refractivity contribution in [2.75, 3.05) is 17.2 Å². The lowest BCUT2D eigenvalue weighted by Crippen LogP contribution is -2.35. The molecule has 1 atom stereocenters. The number of carbonyl (C=O) groups is 1. The van der Waals surface area contributed by atoms with Crippen LogP contribution in [0.3, 0.4) is 0 Å². The molecule has 0 bridgehead atoms. The van der Waals surface area contributed by atoms with Crippen LogP contribution in [0.2, 0.25) is 0 Å². The van der Waals surface area contributed by atoms with Crippen LogP contribution in [-0.4, -0.2) is 28.6 Å². The second-order valence-corrected chi connectivity index (χ2v) is 6.20. The lowest BCUT2D eigenvalue weighted by atomic mass is 10.1. The predicted octanol–water partition coefficient (Wildman–Crippen LogP) is 4.44. The van der Waals surface area contributed by atoms with Crippen LogP contribution in [0, 0.1) is 0 Å². The molecule has 29 heavy (non-hydrogen) atoms. The Morgan fingerprint density at radius 3 is 2.00 bits per heavy atom. The number of halogens is 6. The molecule has 1 aliphatic rings. The van der Waals surface area contributed by atoms with Gasteiger partial charge in [0, 0.05) is 18.4 Å². The first-order valence-corrected chi connectivity index (χ1v) is 8.35. The lowest BCUT2D eigenvalue weighted by molar-refractivity contribution is -0.139. The first-order valence-electron chi connectivity index (χ1n) is 8.35. The maximum absolute atomic E-state index is 12.4. The second kappa shape index (κ2) is 8.58. The number of nitrogen functional groups attached to an aromatic ring is 1. The van der Waals surface area contributed by atoms with E-state index >= 15 is 0 Å². The number of hydrogen-bond donors (Lipinski definition) is 2. The third-order valence-corrected chi connectivity index (χ3v) is 4.18. The van der Waals surface area contributed by atoms with Gasteiger partial charge >= 0.3 is 18.3 Å². The number of aromatic nitrogens is 1. The molecule has 0 amide bonds. The highest BCUT2D eigenvalue weighted by atomic mass is 19.4. The summed E-state index contributed by atoms with van der Waals surface area (Å²) in [6.07, 6.45) is -6.74. The zero-order valence-electron chi connectivity index (χ0n) is 14.8. The van der Waals surface area contributed by atoms with Crippen LogP contribution in [0.25, 0.3) is 0 Å². The smallest absolute Gasteiger partial charge is 0.417 e. The molecule has 0 radical (unpaired) electrons. The summed E-state index contributed by atoms with van der Waals surface area (Å²) in [5.41, 5.74) is 4.10. The van der Waals surface area contributed by atoms with Gasteiger partial charge in [0.1, 0.15) is 11.9 Å². The van der Waals surface area contributed by atoms with Gasteiger partial charge in [0.05, 0.1) is 11.1 Å². The lowest BCUT2D eigenvalue weighted by Gasteiger charge is -2.23. The van der Waals surface area contributed by atoms with Crippen LogP contribution in [0.15, 0.2) is 42.6 Å². The van der Waals surface area contributed by atoms with E-state index in [1.54, 1.807) is 4.90 Å². The molecule has 2 heterocycles. The van der Waals surface area contributed by atoms with Crippen LogP contribution < -0.4 is 10.6 Å². The number of anilines is 2. The van der Waals surface area contributed by atoms with Gasteiger partial charge < -0.3 is 15.7 Å². The van der Waals surface area contributed by atoms with E-state index in [1.165, 1.54) is 12.1 Å². The van der Waals surface area contributed by atoms with E-state index in [0.29, 0.717) is 24.8 Å². The molecule has 3 N–H and O–H groups in total. The highest BCUT2D eigenvalue weighted by molar-refractivity contribution is 5.79. The highest BCUT2D eigenvalue weighted by Crippen LogP contribution is 2.32. The molecule has 0 unspecified atom stereocenters. The summed E-state index contributed by atoms with van der Waals surface area (Å²) in [5.74, 6) is -0.856. The Morgan fingerprint density at radius 2 is 1.55 bits per heavy atom. The minimum absolute atomic E-state index is 0.0815. The van der Waals surface area contributed by atoms with Gasteiger partial charge in [-0.25, -0.2) is 9.78 Å². The van der Waals surface area contributed by atoms with E-state index in [1.807, 2.05) is 0 Å². The van der Waals surface area contributed by atoms with Gasteiger partial charge in [-0.2, -0.15) is 26.3 Å². The monoisotopic (exact) mass is 421 g/mol. The average Bonchev–Trinajstić information content (AvgIpc) is 3.11. The Kier molecular flexibility index (Phi) is 6.60. The largest absolute Gasteiger partial charge is 0.480 e. The van der Waals surface area contributed by atoms with E-state index in [0.717, 1.165) is 30.7 Å². The number of benzene rings is 1. The molecule has 2 aromatic rings. The normalized spacial score (nSPS) is 16.9. The van der Waals surface area contributed by atoms with Crippen molar-refractivity contribution in [3.8, 4) is 0 Å². The molecule has 1 aromatic heterocycles. The molecule has 1 aromatic carbocycles. The maximum Gasteiger partial charge on any atom is 0.417 e. The van der Waals surface area contributed by atoms with Gasteiger partial charge in [0.15, 0.2) is 0 Å². The van der Waals surface area contributed by atoms with E-state index in [2.05, 4.69) is 4.98 Å². The minimum atomic E-state index is -4.37. The zero-order chi connectivity index (χ0) is 21.8. The summed E-state index contributed by atoms with van der Waals surface area (Å²) in [4.78, 5) is 15.9. The summed E-state index contributed by atoms with van der Waals surface area (Å²) < 4.78 is 72.7. The summed E-state index contributed by atoms with van der Waals surface area (Å²) >= 11 is 0. The third kappa shape index (κ3) is 6.00. The molecular formula is C18H17F6N3O2. The first kappa shape index (κ1) is 22.3. The number of alkyl halides is 6. The summed E-state index contributed by atoms with van der Waals surface area (Å²) in [6.45, 7) is 0.558. The van der Waals surface area contributed by atoms with Gasteiger partial charge in [0.25, 0.3) is 0 Å². The van der Waals surface area contributed by atoms with Crippen LogP contribution in [0.1, 0.15) is 24.0 Å². The zero-order valence-corrected chi connectivity index (χ0v) is 14.8. The number of rotatable bonds is 2. The highest BCUT2D eigenvalue weighted by Gasteiger charge is 2.33. The van der Waals surface area contributed by atoms with E-state index in [-0.39, 0.29) is 5.82 Å². The number of aliphatic carboxylic acids is 1. The van der Waals surface area contributed by atoms with E-state index < -0.39 is 35.5 Å². The molecule has 1 aliphatic heterocycles. The van der Waals surface area contributed by atoms with Gasteiger partial charge in [-0.1, -0.05) is 0 Å². The molecule has 0 aliphatic carbocycles.